The number of fused-ring (bicyclic) bond motifs is 3. The lowest BCUT2D eigenvalue weighted by Gasteiger charge is -2.47. The number of anilines is 1. The van der Waals surface area contributed by atoms with E-state index in [4.69, 9.17) is 9.47 Å². The molecule has 0 amide bonds. The maximum absolute atomic E-state index is 12.5. The van der Waals surface area contributed by atoms with Crippen LogP contribution in [0.1, 0.15) is 73.9 Å². The molecule has 0 unspecified atom stereocenters. The molecule has 1 N–H and O–H groups in total. The highest BCUT2D eigenvalue weighted by Gasteiger charge is 2.44. The summed E-state index contributed by atoms with van der Waals surface area (Å²) in [5.41, 5.74) is 2.77. The highest BCUT2D eigenvalue weighted by molar-refractivity contribution is 5.93. The monoisotopic (exact) mass is 343 g/mol. The second kappa shape index (κ2) is 7.36. The number of ether oxygens (including phenoxy) is 2. The molecule has 1 aliphatic carbocycles. The van der Waals surface area contributed by atoms with Crippen LogP contribution in [0.4, 0.5) is 5.69 Å². The van der Waals surface area contributed by atoms with Gasteiger partial charge in [-0.05, 0) is 50.7 Å². The van der Waals surface area contributed by atoms with Crippen molar-refractivity contribution in [2.45, 2.75) is 64.0 Å². The number of nitrogens with one attached hydrogen (secondary N) is 1. The molecule has 4 rings (SSSR count). The van der Waals surface area contributed by atoms with Gasteiger partial charge in [0.15, 0.2) is 0 Å². The normalized spacial score (nSPS) is 29.2. The van der Waals surface area contributed by atoms with Crippen LogP contribution in [0.3, 0.4) is 0 Å². The van der Waals surface area contributed by atoms with Crippen LogP contribution < -0.4 is 5.32 Å². The summed E-state index contributed by atoms with van der Waals surface area (Å²) in [5, 5.41) is 3.82. The van der Waals surface area contributed by atoms with Crippen LogP contribution in [-0.4, -0.2) is 25.2 Å². The summed E-state index contributed by atoms with van der Waals surface area (Å²) in [5.74, 6) is 0.951. The van der Waals surface area contributed by atoms with Gasteiger partial charge in [-0.1, -0.05) is 25.3 Å². The standard InChI is InChI=1S/C21H29NO3/c1-2-24-21(23)15-10-6-12-17-18(15)20-16(11-7-13-25-20)19(22-17)14-8-4-3-5-9-14/h6,10,12,14,16,19-20,22H,2-5,7-9,11,13H2,1H3/t16-,19+,20-/m0/s1. The minimum Gasteiger partial charge on any atom is -0.462 e. The SMILES string of the molecule is CCOC(=O)c1cccc2c1[C@H]1OCCC[C@H]1[C@@H](C1CCCCC1)N2. The summed E-state index contributed by atoms with van der Waals surface area (Å²) in [4.78, 5) is 12.5. The number of benzene rings is 1. The predicted octanol–water partition coefficient (Wildman–Crippen LogP) is 4.71. The molecule has 25 heavy (non-hydrogen) atoms. The fraction of sp³-hybridized carbons (Fsp3) is 0.667. The molecule has 1 aromatic carbocycles. The molecule has 4 heteroatoms. The number of hydrogen-bond acceptors (Lipinski definition) is 4. The van der Waals surface area contributed by atoms with Crippen LogP contribution in [0.2, 0.25) is 0 Å². The van der Waals surface area contributed by atoms with Crippen LogP contribution >= 0.6 is 0 Å². The van der Waals surface area contributed by atoms with Crippen LogP contribution in [0.5, 0.6) is 0 Å². The van der Waals surface area contributed by atoms with Crippen molar-refractivity contribution in [1.82, 2.24) is 0 Å². The van der Waals surface area contributed by atoms with Crippen molar-refractivity contribution in [2.75, 3.05) is 18.5 Å². The third-order valence-electron chi connectivity index (χ3n) is 6.20. The summed E-state index contributed by atoms with van der Waals surface area (Å²) in [6, 6.07) is 6.41. The summed E-state index contributed by atoms with van der Waals surface area (Å²) in [6.07, 6.45) is 9.00. The zero-order valence-corrected chi connectivity index (χ0v) is 15.1. The third kappa shape index (κ3) is 3.17. The smallest absolute Gasteiger partial charge is 0.338 e. The molecule has 1 aromatic rings. The number of esters is 1. The van der Waals surface area contributed by atoms with E-state index in [2.05, 4.69) is 11.4 Å². The van der Waals surface area contributed by atoms with Crippen molar-refractivity contribution in [3.8, 4) is 0 Å². The Bertz CT molecular complexity index is 624. The molecule has 2 fully saturated rings. The van der Waals surface area contributed by atoms with Gasteiger partial charge in [0, 0.05) is 29.8 Å². The van der Waals surface area contributed by atoms with Crippen molar-refractivity contribution in [1.29, 1.82) is 0 Å². The molecule has 2 heterocycles. The van der Waals surface area contributed by atoms with E-state index in [1.165, 1.54) is 38.5 Å². The Balaban J connectivity index is 1.70. The molecule has 3 atom stereocenters. The van der Waals surface area contributed by atoms with Crippen LogP contribution in [0, 0.1) is 11.8 Å². The first-order chi connectivity index (χ1) is 12.3. The van der Waals surface area contributed by atoms with Crippen LogP contribution in [0.25, 0.3) is 0 Å². The number of rotatable bonds is 3. The van der Waals surface area contributed by atoms with Crippen LogP contribution in [0.15, 0.2) is 18.2 Å². The lowest BCUT2D eigenvalue weighted by atomic mass is 9.70. The summed E-state index contributed by atoms with van der Waals surface area (Å²) in [6.45, 7) is 3.04. The summed E-state index contributed by atoms with van der Waals surface area (Å²) in [7, 11) is 0. The maximum Gasteiger partial charge on any atom is 0.338 e. The van der Waals surface area contributed by atoms with Crippen molar-refractivity contribution >= 4 is 11.7 Å². The fourth-order valence-corrected chi connectivity index (χ4v) is 5.10. The third-order valence-corrected chi connectivity index (χ3v) is 6.20. The van der Waals surface area contributed by atoms with Gasteiger partial charge in [0.2, 0.25) is 0 Å². The van der Waals surface area contributed by atoms with Gasteiger partial charge < -0.3 is 14.8 Å². The van der Waals surface area contributed by atoms with E-state index in [0.29, 0.717) is 24.1 Å². The first-order valence-corrected chi connectivity index (χ1v) is 9.97. The number of hydrogen-bond donors (Lipinski definition) is 1. The lowest BCUT2D eigenvalue weighted by Crippen LogP contribution is -2.46. The van der Waals surface area contributed by atoms with Gasteiger partial charge in [-0.15, -0.1) is 0 Å². The van der Waals surface area contributed by atoms with E-state index in [9.17, 15) is 4.79 Å². The van der Waals surface area contributed by atoms with E-state index in [1.807, 2.05) is 19.1 Å². The van der Waals surface area contributed by atoms with Crippen molar-refractivity contribution < 1.29 is 14.3 Å². The van der Waals surface area contributed by atoms with Gasteiger partial charge in [0.05, 0.1) is 18.3 Å². The van der Waals surface area contributed by atoms with Gasteiger partial charge in [-0.3, -0.25) is 0 Å². The first-order valence-electron chi connectivity index (χ1n) is 9.97. The van der Waals surface area contributed by atoms with Crippen molar-refractivity contribution in [3.05, 3.63) is 29.3 Å². The molecule has 136 valence electrons. The minimum atomic E-state index is -0.231. The molecular formula is C21H29NO3. The van der Waals surface area contributed by atoms with Gasteiger partial charge in [0.1, 0.15) is 0 Å². The highest BCUT2D eigenvalue weighted by Crippen LogP contribution is 2.48. The number of carbonyl (C=O) groups is 1. The second-order valence-corrected chi connectivity index (χ2v) is 7.65. The van der Waals surface area contributed by atoms with E-state index >= 15 is 0 Å². The van der Waals surface area contributed by atoms with E-state index in [0.717, 1.165) is 30.2 Å². The Labute approximate surface area is 150 Å². The van der Waals surface area contributed by atoms with Crippen LogP contribution in [-0.2, 0) is 9.47 Å². The predicted molar refractivity (Wildman–Crippen MR) is 97.8 cm³/mol. The van der Waals surface area contributed by atoms with E-state index in [1.54, 1.807) is 0 Å². The average molecular weight is 343 g/mol. The molecule has 1 saturated carbocycles. The zero-order valence-electron chi connectivity index (χ0n) is 15.1. The van der Waals surface area contributed by atoms with Gasteiger partial charge >= 0.3 is 5.97 Å². The fourth-order valence-electron chi connectivity index (χ4n) is 5.10. The lowest BCUT2D eigenvalue weighted by molar-refractivity contribution is -0.0464. The molecule has 4 nitrogen and oxygen atoms in total. The Hall–Kier alpha value is -1.55. The highest BCUT2D eigenvalue weighted by atomic mass is 16.5. The number of carbonyl (C=O) groups excluding carboxylic acids is 1. The van der Waals surface area contributed by atoms with E-state index in [-0.39, 0.29) is 12.1 Å². The largest absolute Gasteiger partial charge is 0.462 e. The molecular weight excluding hydrogens is 314 g/mol. The van der Waals surface area contributed by atoms with Crippen molar-refractivity contribution in [3.63, 3.8) is 0 Å². The zero-order chi connectivity index (χ0) is 17.2. The average Bonchev–Trinajstić information content (AvgIpc) is 2.67. The quantitative estimate of drug-likeness (QED) is 0.808. The Morgan fingerprint density at radius 2 is 2.04 bits per heavy atom. The molecule has 0 spiro atoms. The molecule has 0 aromatic heterocycles. The molecule has 0 bridgehead atoms. The Kier molecular flexibility index (Phi) is 4.98. The molecule has 0 radical (unpaired) electrons. The second-order valence-electron chi connectivity index (χ2n) is 7.65. The maximum atomic E-state index is 12.5. The Morgan fingerprint density at radius 1 is 1.20 bits per heavy atom. The van der Waals surface area contributed by atoms with E-state index < -0.39 is 0 Å². The van der Waals surface area contributed by atoms with Gasteiger partial charge in [-0.2, -0.15) is 0 Å². The van der Waals surface area contributed by atoms with Crippen molar-refractivity contribution in [2.24, 2.45) is 11.8 Å². The molecule has 2 aliphatic heterocycles. The first kappa shape index (κ1) is 16.9. The topological polar surface area (TPSA) is 47.6 Å². The van der Waals surface area contributed by atoms with Gasteiger partial charge in [-0.25, -0.2) is 4.79 Å². The molecule has 3 aliphatic rings. The minimum absolute atomic E-state index is 0.0255. The van der Waals surface area contributed by atoms with Gasteiger partial charge in [0.25, 0.3) is 0 Å². The Morgan fingerprint density at radius 3 is 2.84 bits per heavy atom. The summed E-state index contributed by atoms with van der Waals surface area (Å²) >= 11 is 0. The summed E-state index contributed by atoms with van der Waals surface area (Å²) < 4.78 is 11.5. The molecule has 1 saturated heterocycles.